The maximum absolute atomic E-state index is 11.1. The molecule has 0 fully saturated rings. The summed E-state index contributed by atoms with van der Waals surface area (Å²) in [5.41, 5.74) is 0. The number of ether oxygens (including phenoxy) is 1. The molecule has 1 heterocycles. The lowest BCUT2D eigenvalue weighted by molar-refractivity contribution is -0.727. The number of rotatable bonds is 3. The van der Waals surface area contributed by atoms with Crippen molar-refractivity contribution in [1.82, 2.24) is 5.32 Å². The van der Waals surface area contributed by atoms with Gasteiger partial charge in [-0.05, 0) is 13.8 Å². The Morgan fingerprint density at radius 2 is 1.79 bits per heavy atom. The second kappa shape index (κ2) is 8.44. The average molecular weight is 290 g/mol. The fraction of sp³-hybridized carbons (Fsp3) is 0.455. The molecule has 8 heteroatoms. The maximum atomic E-state index is 11.1. The van der Waals surface area contributed by atoms with Gasteiger partial charge in [0.1, 0.15) is 0 Å². The Bertz CT molecular complexity index is 465. The summed E-state index contributed by atoms with van der Waals surface area (Å²) in [4.78, 5) is 11.1. The number of nitrogens with one attached hydrogen (secondary N) is 1. The summed E-state index contributed by atoms with van der Waals surface area (Å²) < 4.78 is 34.0. The molecule has 0 aromatic carbocycles. The monoisotopic (exact) mass is 290 g/mol. The minimum absolute atomic E-state index is 0.100. The molecule has 0 saturated heterocycles. The third-order valence-electron chi connectivity index (χ3n) is 1.53. The molecule has 1 aromatic heterocycles. The Morgan fingerprint density at radius 1 is 1.32 bits per heavy atom. The van der Waals surface area contributed by atoms with Crippen molar-refractivity contribution in [3.8, 4) is 0 Å². The lowest BCUT2D eigenvalue weighted by Gasteiger charge is -2.06. The molecule has 1 aromatic rings. The van der Waals surface area contributed by atoms with Gasteiger partial charge in [-0.1, -0.05) is 6.07 Å². The summed E-state index contributed by atoms with van der Waals surface area (Å²) in [7, 11) is -3.92. The number of amides is 1. The maximum Gasteiger partial charge on any atom is 0.412 e. The smallest absolute Gasteiger partial charge is 0.412 e. The van der Waals surface area contributed by atoms with Crippen LogP contribution in [0.5, 0.6) is 0 Å². The predicted octanol–water partition coefficient (Wildman–Crippen LogP) is 0.228. The fourth-order valence-electron chi connectivity index (χ4n) is 0.931. The van der Waals surface area contributed by atoms with E-state index in [4.69, 9.17) is 17.7 Å². The molecule has 1 rings (SSSR count). The number of hydrogen-bond donors (Lipinski definition) is 1. The van der Waals surface area contributed by atoms with E-state index in [1.807, 2.05) is 44.4 Å². The lowest BCUT2D eigenvalue weighted by atomic mass is 10.4. The number of nitrogens with zero attached hydrogens (tertiary/aromatic N) is 1. The van der Waals surface area contributed by atoms with Crippen molar-refractivity contribution in [2.24, 2.45) is 0 Å². The van der Waals surface area contributed by atoms with Crippen LogP contribution < -0.4 is 9.88 Å². The molecule has 0 saturated carbocycles. The molecular formula is C11H18N2O5S. The third kappa shape index (κ3) is 14.3. The largest absolute Gasteiger partial charge is 0.748 e. The minimum Gasteiger partial charge on any atom is -0.748 e. The molecule has 108 valence electrons. The molecule has 0 aliphatic rings. The van der Waals surface area contributed by atoms with Crippen LogP contribution in [-0.4, -0.2) is 31.4 Å². The Balaban J connectivity index is 0.000000555. The SMILES string of the molecule is CC(C)NC(=O)OC[n+]1ccccc1.CS(=O)(=O)[O-]. The molecular weight excluding hydrogens is 272 g/mol. The van der Waals surface area contributed by atoms with Gasteiger partial charge in [0, 0.05) is 24.4 Å². The highest BCUT2D eigenvalue weighted by Gasteiger charge is 2.06. The fourth-order valence-corrected chi connectivity index (χ4v) is 0.931. The predicted molar refractivity (Wildman–Crippen MR) is 67.0 cm³/mol. The summed E-state index contributed by atoms with van der Waals surface area (Å²) in [6.45, 7) is 4.01. The Morgan fingerprint density at radius 3 is 2.21 bits per heavy atom. The van der Waals surface area contributed by atoms with Crippen LogP contribution in [0, 0.1) is 0 Å². The number of hydrogen-bond acceptors (Lipinski definition) is 5. The van der Waals surface area contributed by atoms with Crippen molar-refractivity contribution in [2.45, 2.75) is 26.6 Å². The number of pyridine rings is 1. The van der Waals surface area contributed by atoms with E-state index in [2.05, 4.69) is 5.32 Å². The summed E-state index contributed by atoms with van der Waals surface area (Å²) in [5, 5.41) is 2.64. The van der Waals surface area contributed by atoms with Crippen LogP contribution in [0.25, 0.3) is 0 Å². The molecule has 19 heavy (non-hydrogen) atoms. The van der Waals surface area contributed by atoms with Gasteiger partial charge in [-0.2, -0.15) is 4.57 Å². The van der Waals surface area contributed by atoms with Crippen LogP contribution in [0.2, 0.25) is 0 Å². The molecule has 0 bridgehead atoms. The highest BCUT2D eigenvalue weighted by Crippen LogP contribution is 1.83. The van der Waals surface area contributed by atoms with E-state index in [1.165, 1.54) is 0 Å². The van der Waals surface area contributed by atoms with Crippen molar-refractivity contribution in [2.75, 3.05) is 6.26 Å². The van der Waals surface area contributed by atoms with Gasteiger partial charge >= 0.3 is 6.09 Å². The van der Waals surface area contributed by atoms with Crippen LogP contribution in [0.1, 0.15) is 13.8 Å². The summed E-state index contributed by atoms with van der Waals surface area (Å²) in [5.74, 6) is 0. The Kier molecular flexibility index (Phi) is 7.69. The summed E-state index contributed by atoms with van der Waals surface area (Å²) in [6.07, 6.45) is 3.88. The molecule has 0 aliphatic carbocycles. The number of carbonyl (C=O) groups excluding carboxylic acids is 1. The van der Waals surface area contributed by atoms with Gasteiger partial charge in [-0.25, -0.2) is 13.2 Å². The molecule has 0 radical (unpaired) electrons. The van der Waals surface area contributed by atoms with Crippen LogP contribution >= 0.6 is 0 Å². The van der Waals surface area contributed by atoms with Crippen molar-refractivity contribution in [3.63, 3.8) is 0 Å². The highest BCUT2D eigenvalue weighted by atomic mass is 32.2. The van der Waals surface area contributed by atoms with E-state index < -0.39 is 16.2 Å². The first-order valence-corrected chi connectivity index (χ1v) is 7.28. The van der Waals surface area contributed by atoms with E-state index in [1.54, 1.807) is 4.57 Å². The number of alkyl carbamates (subject to hydrolysis) is 1. The zero-order chi connectivity index (χ0) is 14.9. The van der Waals surface area contributed by atoms with Crippen molar-refractivity contribution in [1.29, 1.82) is 0 Å². The molecule has 1 amide bonds. The van der Waals surface area contributed by atoms with Crippen molar-refractivity contribution >= 4 is 16.2 Å². The van der Waals surface area contributed by atoms with Gasteiger partial charge in [0.2, 0.25) is 0 Å². The van der Waals surface area contributed by atoms with Crippen LogP contribution in [0.15, 0.2) is 30.6 Å². The quantitative estimate of drug-likeness (QED) is 0.634. The first kappa shape index (κ1) is 17.3. The number of aromatic nitrogens is 1. The van der Waals surface area contributed by atoms with E-state index in [0.717, 1.165) is 0 Å². The molecule has 7 nitrogen and oxygen atoms in total. The zero-order valence-corrected chi connectivity index (χ0v) is 11.9. The van der Waals surface area contributed by atoms with Gasteiger partial charge in [-0.15, -0.1) is 0 Å². The van der Waals surface area contributed by atoms with E-state index in [0.29, 0.717) is 6.26 Å². The first-order chi connectivity index (χ1) is 8.68. The summed E-state index contributed by atoms with van der Waals surface area (Å²) >= 11 is 0. The van der Waals surface area contributed by atoms with Gasteiger partial charge in [0.25, 0.3) is 6.73 Å². The number of carbonyl (C=O) groups is 1. The topological polar surface area (TPSA) is 99.4 Å². The minimum atomic E-state index is -3.92. The second-order valence-corrected chi connectivity index (χ2v) is 5.36. The van der Waals surface area contributed by atoms with Gasteiger partial charge in [-0.3, -0.25) is 0 Å². The van der Waals surface area contributed by atoms with Gasteiger partial charge in [0.15, 0.2) is 12.4 Å². The molecule has 0 spiro atoms. The zero-order valence-electron chi connectivity index (χ0n) is 11.1. The average Bonchev–Trinajstić information content (AvgIpc) is 2.24. The van der Waals surface area contributed by atoms with Crippen LogP contribution in [-0.2, 0) is 21.6 Å². The van der Waals surface area contributed by atoms with Gasteiger partial charge in [0.05, 0.1) is 10.1 Å². The third-order valence-corrected chi connectivity index (χ3v) is 1.53. The normalized spacial score (nSPS) is 10.4. The summed E-state index contributed by atoms with van der Waals surface area (Å²) in [6, 6.07) is 5.77. The molecule has 0 unspecified atom stereocenters. The Hall–Kier alpha value is -1.67. The lowest BCUT2D eigenvalue weighted by Crippen LogP contribution is -2.39. The highest BCUT2D eigenvalue weighted by molar-refractivity contribution is 7.84. The van der Waals surface area contributed by atoms with E-state index in [9.17, 15) is 4.79 Å². The molecule has 1 N–H and O–H groups in total. The first-order valence-electron chi connectivity index (χ1n) is 5.46. The molecule has 0 atom stereocenters. The van der Waals surface area contributed by atoms with Gasteiger partial charge < -0.3 is 14.6 Å². The molecule has 0 aliphatic heterocycles. The van der Waals surface area contributed by atoms with E-state index in [-0.39, 0.29) is 12.8 Å². The van der Waals surface area contributed by atoms with Crippen molar-refractivity contribution < 1.29 is 27.1 Å². The Labute approximate surface area is 113 Å². The van der Waals surface area contributed by atoms with E-state index >= 15 is 0 Å². The van der Waals surface area contributed by atoms with Crippen LogP contribution in [0.4, 0.5) is 4.79 Å². The van der Waals surface area contributed by atoms with Crippen molar-refractivity contribution in [3.05, 3.63) is 30.6 Å². The van der Waals surface area contributed by atoms with Crippen LogP contribution in [0.3, 0.4) is 0 Å². The standard InChI is InChI=1S/C10H14N2O2.CH4O3S/c1-9(2)11-10(13)14-8-12-6-4-3-5-7-12;1-5(2,3)4/h3-7,9H,8H2,1-2H3;1H3,(H,2,3,4). The second-order valence-electron chi connectivity index (χ2n) is 3.95.